The summed E-state index contributed by atoms with van der Waals surface area (Å²) in [5.41, 5.74) is 0.352. The van der Waals surface area contributed by atoms with Crippen LogP contribution in [0.5, 0.6) is 0 Å². The van der Waals surface area contributed by atoms with Crippen molar-refractivity contribution in [3.05, 3.63) is 35.4 Å². The van der Waals surface area contributed by atoms with Crippen molar-refractivity contribution < 1.29 is 13.9 Å². The molecule has 0 bridgehead atoms. The van der Waals surface area contributed by atoms with Crippen molar-refractivity contribution in [1.82, 2.24) is 5.32 Å². The molecule has 0 amide bonds. The van der Waals surface area contributed by atoms with Gasteiger partial charge in [-0.05, 0) is 30.4 Å². The number of halogens is 2. The Balaban J connectivity index is 2.15. The molecule has 0 saturated heterocycles. The molecule has 5 heteroatoms. The Hall–Kier alpha value is -0.650. The van der Waals surface area contributed by atoms with E-state index in [1.54, 1.807) is 11.8 Å². The van der Waals surface area contributed by atoms with E-state index in [0.717, 1.165) is 36.6 Å². The van der Waals surface area contributed by atoms with Crippen molar-refractivity contribution in [2.75, 3.05) is 24.7 Å². The van der Waals surface area contributed by atoms with Gasteiger partial charge in [0.1, 0.15) is 11.6 Å². The molecule has 1 rings (SSSR count). The zero-order chi connectivity index (χ0) is 12.5. The van der Waals surface area contributed by atoms with Crippen LogP contribution in [0.1, 0.15) is 12.0 Å². The van der Waals surface area contributed by atoms with Gasteiger partial charge in [0.25, 0.3) is 0 Å². The van der Waals surface area contributed by atoms with Gasteiger partial charge in [-0.1, -0.05) is 0 Å². The second kappa shape index (κ2) is 8.44. The predicted molar refractivity (Wildman–Crippen MR) is 67.1 cm³/mol. The third-order valence-corrected chi connectivity index (χ3v) is 3.26. The summed E-state index contributed by atoms with van der Waals surface area (Å²) in [4.78, 5) is 0. The number of rotatable bonds is 8. The van der Waals surface area contributed by atoms with E-state index in [9.17, 15) is 8.78 Å². The van der Waals surface area contributed by atoms with Crippen molar-refractivity contribution in [1.29, 1.82) is 0 Å². The molecular weight excluding hydrogens is 244 g/mol. The second-order valence-corrected chi connectivity index (χ2v) is 4.83. The molecule has 0 spiro atoms. The van der Waals surface area contributed by atoms with Crippen LogP contribution in [-0.4, -0.2) is 29.8 Å². The molecule has 1 aromatic carbocycles. The lowest BCUT2D eigenvalue weighted by atomic mass is 10.2. The molecule has 0 fully saturated rings. The first kappa shape index (κ1) is 14.4. The van der Waals surface area contributed by atoms with E-state index in [1.165, 1.54) is 6.07 Å². The zero-order valence-corrected chi connectivity index (χ0v) is 10.4. The van der Waals surface area contributed by atoms with Crippen LogP contribution in [-0.2, 0) is 6.54 Å². The van der Waals surface area contributed by atoms with Gasteiger partial charge in [0, 0.05) is 31.0 Å². The molecule has 17 heavy (non-hydrogen) atoms. The second-order valence-electron chi connectivity index (χ2n) is 3.60. The van der Waals surface area contributed by atoms with Gasteiger partial charge >= 0.3 is 0 Å². The van der Waals surface area contributed by atoms with Gasteiger partial charge in [0.2, 0.25) is 0 Å². The summed E-state index contributed by atoms with van der Waals surface area (Å²) in [6.45, 7) is 1.30. The maximum absolute atomic E-state index is 13.2. The van der Waals surface area contributed by atoms with Crippen LogP contribution in [0.4, 0.5) is 8.78 Å². The van der Waals surface area contributed by atoms with E-state index in [-0.39, 0.29) is 12.4 Å². The summed E-state index contributed by atoms with van der Waals surface area (Å²) in [6, 6.07) is 3.47. The van der Waals surface area contributed by atoms with E-state index in [1.807, 2.05) is 0 Å². The first-order valence-electron chi connectivity index (χ1n) is 5.57. The number of nitrogens with one attached hydrogen (secondary N) is 1. The minimum atomic E-state index is -0.416. The molecule has 2 nitrogen and oxygen atoms in total. The highest BCUT2D eigenvalue weighted by atomic mass is 32.2. The van der Waals surface area contributed by atoms with Gasteiger partial charge in [-0.2, -0.15) is 11.8 Å². The Morgan fingerprint density at radius 3 is 2.82 bits per heavy atom. The van der Waals surface area contributed by atoms with E-state index in [4.69, 9.17) is 5.11 Å². The Bertz CT molecular complexity index is 336. The van der Waals surface area contributed by atoms with Gasteiger partial charge in [-0.3, -0.25) is 0 Å². The third kappa shape index (κ3) is 6.00. The zero-order valence-electron chi connectivity index (χ0n) is 9.59. The number of hydrogen-bond acceptors (Lipinski definition) is 3. The maximum atomic E-state index is 13.2. The molecule has 2 N–H and O–H groups in total. The van der Waals surface area contributed by atoms with Gasteiger partial charge in [-0.15, -0.1) is 0 Å². The summed E-state index contributed by atoms with van der Waals surface area (Å²) < 4.78 is 26.0. The highest BCUT2D eigenvalue weighted by Crippen LogP contribution is 2.09. The molecule has 0 aromatic heterocycles. The summed E-state index contributed by atoms with van der Waals surface area (Å²) in [6.07, 6.45) is 0.795. The van der Waals surface area contributed by atoms with Crippen molar-refractivity contribution in [2.24, 2.45) is 0 Å². The van der Waals surface area contributed by atoms with Crippen LogP contribution in [0.2, 0.25) is 0 Å². The smallest absolute Gasteiger partial charge is 0.127 e. The van der Waals surface area contributed by atoms with Crippen LogP contribution in [0.15, 0.2) is 18.2 Å². The van der Waals surface area contributed by atoms with Gasteiger partial charge in [0.15, 0.2) is 0 Å². The number of thioether (sulfide) groups is 1. The molecule has 0 saturated carbocycles. The molecule has 96 valence electrons. The maximum Gasteiger partial charge on any atom is 0.127 e. The van der Waals surface area contributed by atoms with E-state index >= 15 is 0 Å². The Kier molecular flexibility index (Phi) is 7.16. The molecular formula is C12H17F2NOS. The summed E-state index contributed by atoms with van der Waals surface area (Å²) in [5, 5.41) is 11.6. The normalized spacial score (nSPS) is 10.8. The first-order valence-corrected chi connectivity index (χ1v) is 6.72. The average molecular weight is 261 g/mol. The van der Waals surface area contributed by atoms with Gasteiger partial charge in [-0.25, -0.2) is 8.78 Å². The largest absolute Gasteiger partial charge is 0.396 e. The highest BCUT2D eigenvalue weighted by Gasteiger charge is 2.02. The molecule has 0 unspecified atom stereocenters. The van der Waals surface area contributed by atoms with E-state index < -0.39 is 5.82 Å². The minimum Gasteiger partial charge on any atom is -0.396 e. The highest BCUT2D eigenvalue weighted by molar-refractivity contribution is 7.99. The monoisotopic (exact) mass is 261 g/mol. The van der Waals surface area contributed by atoms with Crippen LogP contribution < -0.4 is 5.32 Å². The summed E-state index contributed by atoms with van der Waals surface area (Å²) in [7, 11) is 0. The van der Waals surface area contributed by atoms with E-state index in [2.05, 4.69) is 5.32 Å². The molecule has 0 aliphatic rings. The molecule has 0 radical (unpaired) electrons. The molecule has 0 aliphatic heterocycles. The molecule has 0 atom stereocenters. The van der Waals surface area contributed by atoms with Crippen molar-refractivity contribution in [3.8, 4) is 0 Å². The molecule has 0 aliphatic carbocycles. The lowest BCUT2D eigenvalue weighted by Gasteiger charge is -2.06. The lowest BCUT2D eigenvalue weighted by molar-refractivity contribution is 0.296. The SMILES string of the molecule is OCCCSCCNCc1cc(F)ccc1F. The van der Waals surface area contributed by atoms with E-state index in [0.29, 0.717) is 12.1 Å². The first-order chi connectivity index (χ1) is 8.24. The number of hydrogen-bond donors (Lipinski definition) is 2. The van der Waals surface area contributed by atoms with Crippen LogP contribution >= 0.6 is 11.8 Å². The molecule has 1 aromatic rings. The fourth-order valence-electron chi connectivity index (χ4n) is 1.31. The van der Waals surface area contributed by atoms with Crippen molar-refractivity contribution in [2.45, 2.75) is 13.0 Å². The minimum absolute atomic E-state index is 0.217. The fraction of sp³-hybridized carbons (Fsp3) is 0.500. The average Bonchev–Trinajstić information content (AvgIpc) is 2.32. The standard InChI is InChI=1S/C12H17F2NOS/c13-11-2-3-12(14)10(8-11)9-15-4-7-17-6-1-5-16/h2-3,8,15-16H,1,4-7,9H2. The quantitative estimate of drug-likeness (QED) is 0.703. The Labute approximate surface area is 104 Å². The summed E-state index contributed by atoms with van der Waals surface area (Å²) >= 11 is 1.73. The summed E-state index contributed by atoms with van der Waals surface area (Å²) in [5.74, 6) is 1.02. The van der Waals surface area contributed by atoms with Gasteiger partial charge in [0.05, 0.1) is 0 Å². The van der Waals surface area contributed by atoms with Crippen LogP contribution in [0.3, 0.4) is 0 Å². The lowest BCUT2D eigenvalue weighted by Crippen LogP contribution is -2.17. The number of aliphatic hydroxyl groups excluding tert-OH is 1. The fourth-order valence-corrected chi connectivity index (χ4v) is 2.14. The van der Waals surface area contributed by atoms with Gasteiger partial charge < -0.3 is 10.4 Å². The predicted octanol–water partition coefficient (Wildman–Crippen LogP) is 2.17. The van der Waals surface area contributed by atoms with Crippen LogP contribution in [0, 0.1) is 11.6 Å². The van der Waals surface area contributed by atoms with Crippen molar-refractivity contribution >= 4 is 11.8 Å². The topological polar surface area (TPSA) is 32.3 Å². The third-order valence-electron chi connectivity index (χ3n) is 2.19. The van der Waals surface area contributed by atoms with Crippen LogP contribution in [0.25, 0.3) is 0 Å². The number of benzene rings is 1. The Morgan fingerprint density at radius 1 is 1.24 bits per heavy atom. The number of aliphatic hydroxyl groups is 1. The molecule has 0 heterocycles. The van der Waals surface area contributed by atoms with Crippen molar-refractivity contribution in [3.63, 3.8) is 0 Å². The Morgan fingerprint density at radius 2 is 2.06 bits per heavy atom.